The lowest BCUT2D eigenvalue weighted by Crippen LogP contribution is -2.24. The average molecular weight is 269 g/mol. The molecule has 3 atom stereocenters. The summed E-state index contributed by atoms with van der Waals surface area (Å²) in [5.41, 5.74) is 8.62. The molecular weight excluding hydrogens is 246 g/mol. The van der Waals surface area contributed by atoms with Crippen LogP contribution in [0.4, 0.5) is 0 Å². The maximum Gasteiger partial charge on any atom is 0.0861 e. The van der Waals surface area contributed by atoms with Crippen LogP contribution in [0, 0.1) is 0 Å². The summed E-state index contributed by atoms with van der Waals surface area (Å²) in [7, 11) is 0. The molecule has 0 fully saturated rings. The van der Waals surface area contributed by atoms with Gasteiger partial charge in [-0.15, -0.1) is 0 Å². The fraction of sp³-hybridized carbons (Fsp3) is 0.571. The fourth-order valence-electron chi connectivity index (χ4n) is 1.67. The third-order valence-corrected chi connectivity index (χ3v) is 4.44. The highest BCUT2D eigenvalue weighted by Crippen LogP contribution is 2.25. The van der Waals surface area contributed by atoms with E-state index in [0.717, 1.165) is 12.0 Å². The summed E-state index contributed by atoms with van der Waals surface area (Å²) >= 11 is 1.59. The maximum atomic E-state index is 9.32. The molecule has 0 saturated heterocycles. The molecule has 0 aliphatic heterocycles. The molecule has 1 rings (SSSR count). The normalized spacial score (nSPS) is 16.3. The summed E-state index contributed by atoms with van der Waals surface area (Å²) in [6.45, 7) is 3.98. The first kappa shape index (κ1) is 15.5. The Hall–Kier alpha value is -0.550. The molecule has 4 N–H and O–H groups in total. The Morgan fingerprint density at radius 3 is 2.39 bits per heavy atom. The van der Waals surface area contributed by atoms with E-state index in [4.69, 9.17) is 10.8 Å². The van der Waals surface area contributed by atoms with Crippen molar-refractivity contribution in [1.29, 1.82) is 0 Å². The Morgan fingerprint density at radius 1 is 1.28 bits per heavy atom. The van der Waals surface area contributed by atoms with Crippen molar-refractivity contribution in [3.8, 4) is 0 Å². The molecule has 0 aliphatic rings. The highest BCUT2D eigenvalue weighted by Gasteiger charge is 2.16. The lowest BCUT2D eigenvalue weighted by Gasteiger charge is -2.21. The molecular formula is C14H23NO2S. The van der Waals surface area contributed by atoms with Crippen LogP contribution in [0.15, 0.2) is 24.3 Å². The molecule has 18 heavy (non-hydrogen) atoms. The average Bonchev–Trinajstić information content (AvgIpc) is 2.43. The van der Waals surface area contributed by atoms with E-state index < -0.39 is 6.10 Å². The van der Waals surface area contributed by atoms with E-state index in [-0.39, 0.29) is 17.9 Å². The molecule has 0 heterocycles. The van der Waals surface area contributed by atoms with E-state index in [2.05, 4.69) is 31.2 Å². The van der Waals surface area contributed by atoms with Crippen molar-refractivity contribution < 1.29 is 10.2 Å². The monoisotopic (exact) mass is 269 g/mol. The molecule has 3 unspecified atom stereocenters. The maximum absolute atomic E-state index is 9.32. The van der Waals surface area contributed by atoms with Gasteiger partial charge >= 0.3 is 0 Å². The molecule has 4 heteroatoms. The van der Waals surface area contributed by atoms with E-state index >= 15 is 0 Å². The largest absolute Gasteiger partial charge is 0.394 e. The Bertz CT molecular complexity index is 342. The van der Waals surface area contributed by atoms with Crippen LogP contribution in [0.1, 0.15) is 31.0 Å². The van der Waals surface area contributed by atoms with E-state index in [1.54, 1.807) is 11.8 Å². The van der Waals surface area contributed by atoms with Gasteiger partial charge in [0.25, 0.3) is 0 Å². The second kappa shape index (κ2) is 7.79. The second-order valence-electron chi connectivity index (χ2n) is 4.50. The first-order chi connectivity index (χ1) is 8.58. The van der Waals surface area contributed by atoms with Crippen molar-refractivity contribution in [1.82, 2.24) is 0 Å². The highest BCUT2D eigenvalue weighted by molar-refractivity contribution is 7.99. The number of rotatable bonds is 7. The van der Waals surface area contributed by atoms with Gasteiger partial charge in [0.1, 0.15) is 0 Å². The topological polar surface area (TPSA) is 66.5 Å². The molecule has 0 aromatic heterocycles. The number of aryl methyl sites for hydroxylation is 1. The lowest BCUT2D eigenvalue weighted by atomic mass is 10.0. The summed E-state index contributed by atoms with van der Waals surface area (Å²) in [4.78, 5) is 0. The lowest BCUT2D eigenvalue weighted by molar-refractivity contribution is 0.113. The van der Waals surface area contributed by atoms with Crippen LogP contribution in [0.5, 0.6) is 0 Å². The van der Waals surface area contributed by atoms with Crippen LogP contribution in [-0.2, 0) is 6.42 Å². The van der Waals surface area contributed by atoms with E-state index in [1.807, 2.05) is 6.92 Å². The van der Waals surface area contributed by atoms with E-state index in [0.29, 0.717) is 5.75 Å². The van der Waals surface area contributed by atoms with Crippen molar-refractivity contribution in [2.24, 2.45) is 5.73 Å². The molecule has 0 spiro atoms. The van der Waals surface area contributed by atoms with Gasteiger partial charge in [0.05, 0.1) is 12.7 Å². The summed E-state index contributed by atoms with van der Waals surface area (Å²) in [6, 6.07) is 8.31. The zero-order chi connectivity index (χ0) is 13.5. The standard InChI is InChI=1S/C14H23NO2S/c1-3-11-4-6-12(7-5-11)14(15)10(2)18-9-13(17)8-16/h4-7,10,13-14,16-17H,3,8-9,15H2,1-2H3. The number of hydrogen-bond acceptors (Lipinski definition) is 4. The number of benzene rings is 1. The molecule has 102 valence electrons. The van der Waals surface area contributed by atoms with Gasteiger partial charge < -0.3 is 15.9 Å². The van der Waals surface area contributed by atoms with Crippen molar-refractivity contribution in [2.45, 2.75) is 37.7 Å². The molecule has 1 aromatic rings. The van der Waals surface area contributed by atoms with E-state index in [9.17, 15) is 5.11 Å². The molecule has 0 saturated carbocycles. The smallest absolute Gasteiger partial charge is 0.0861 e. The minimum Gasteiger partial charge on any atom is -0.394 e. The van der Waals surface area contributed by atoms with Gasteiger partial charge in [-0.05, 0) is 17.5 Å². The Labute approximate surface area is 113 Å². The number of aliphatic hydroxyl groups is 2. The van der Waals surface area contributed by atoms with Crippen LogP contribution < -0.4 is 5.73 Å². The van der Waals surface area contributed by atoms with Crippen LogP contribution in [0.25, 0.3) is 0 Å². The van der Waals surface area contributed by atoms with Crippen molar-refractivity contribution in [2.75, 3.05) is 12.4 Å². The van der Waals surface area contributed by atoms with Crippen LogP contribution in [0.2, 0.25) is 0 Å². The Morgan fingerprint density at radius 2 is 1.89 bits per heavy atom. The number of aliphatic hydroxyl groups excluding tert-OH is 2. The summed E-state index contributed by atoms with van der Waals surface area (Å²) in [5, 5.41) is 18.3. The van der Waals surface area contributed by atoms with Crippen molar-refractivity contribution >= 4 is 11.8 Å². The van der Waals surface area contributed by atoms with Crippen LogP contribution in [0.3, 0.4) is 0 Å². The predicted octanol–water partition coefficient (Wildman–Crippen LogP) is 1.72. The minimum atomic E-state index is -0.660. The summed E-state index contributed by atoms with van der Waals surface area (Å²) in [6.07, 6.45) is 0.370. The second-order valence-corrected chi connectivity index (χ2v) is 5.91. The van der Waals surface area contributed by atoms with E-state index in [1.165, 1.54) is 5.56 Å². The summed E-state index contributed by atoms with van der Waals surface area (Å²) < 4.78 is 0. The van der Waals surface area contributed by atoms with Crippen LogP contribution >= 0.6 is 11.8 Å². The van der Waals surface area contributed by atoms with Gasteiger partial charge in [0.15, 0.2) is 0 Å². The quantitative estimate of drug-likeness (QED) is 0.705. The number of thioether (sulfide) groups is 1. The third-order valence-electron chi connectivity index (χ3n) is 3.04. The minimum absolute atomic E-state index is 0.0493. The SMILES string of the molecule is CCc1ccc(C(N)C(C)SCC(O)CO)cc1. The zero-order valence-electron chi connectivity index (χ0n) is 11.0. The zero-order valence-corrected chi connectivity index (χ0v) is 11.9. The molecule has 3 nitrogen and oxygen atoms in total. The number of nitrogens with two attached hydrogens (primary N) is 1. The molecule has 1 aromatic carbocycles. The van der Waals surface area contributed by atoms with Gasteiger partial charge in [-0.25, -0.2) is 0 Å². The predicted molar refractivity (Wildman–Crippen MR) is 77.8 cm³/mol. The first-order valence-electron chi connectivity index (χ1n) is 6.33. The van der Waals surface area contributed by atoms with Gasteiger partial charge in [-0.3, -0.25) is 0 Å². The Kier molecular flexibility index (Phi) is 6.71. The van der Waals surface area contributed by atoms with Gasteiger partial charge in [0.2, 0.25) is 0 Å². The first-order valence-corrected chi connectivity index (χ1v) is 7.38. The highest BCUT2D eigenvalue weighted by atomic mass is 32.2. The molecule has 0 aliphatic carbocycles. The van der Waals surface area contributed by atoms with Crippen molar-refractivity contribution in [3.63, 3.8) is 0 Å². The van der Waals surface area contributed by atoms with Gasteiger partial charge in [0, 0.05) is 17.0 Å². The van der Waals surface area contributed by atoms with Gasteiger partial charge in [-0.2, -0.15) is 11.8 Å². The Balaban J connectivity index is 2.53. The molecule has 0 amide bonds. The third kappa shape index (κ3) is 4.61. The number of hydrogen-bond donors (Lipinski definition) is 3. The van der Waals surface area contributed by atoms with Crippen LogP contribution in [-0.4, -0.2) is 33.9 Å². The molecule has 0 radical (unpaired) electrons. The summed E-state index contributed by atoms with van der Waals surface area (Å²) in [5.74, 6) is 0.512. The fourth-order valence-corrected chi connectivity index (χ4v) is 2.66. The molecule has 0 bridgehead atoms. The van der Waals surface area contributed by atoms with Gasteiger partial charge in [-0.1, -0.05) is 38.1 Å². The van der Waals surface area contributed by atoms with Crippen molar-refractivity contribution in [3.05, 3.63) is 35.4 Å².